The summed E-state index contributed by atoms with van der Waals surface area (Å²) in [4.78, 5) is 28.4. The van der Waals surface area contributed by atoms with Crippen LogP contribution in [0.3, 0.4) is 0 Å². The van der Waals surface area contributed by atoms with Gasteiger partial charge in [-0.25, -0.2) is 9.67 Å². The number of nitrogens with zero attached hydrogens (tertiary/aromatic N) is 7. The number of fused-ring (bicyclic) bond motifs is 1. The molecule has 4 N–H and O–H groups in total. The van der Waals surface area contributed by atoms with Gasteiger partial charge in [0.25, 0.3) is 0 Å². The van der Waals surface area contributed by atoms with Gasteiger partial charge in [0.1, 0.15) is 12.4 Å². The number of hydrogen-bond donors (Lipinski definition) is 3. The van der Waals surface area contributed by atoms with E-state index in [0.717, 1.165) is 17.9 Å². The average molecular weight is 489 g/mol. The molecule has 36 heavy (non-hydrogen) atoms. The summed E-state index contributed by atoms with van der Waals surface area (Å²) in [6, 6.07) is 10.2. The Labute approximate surface area is 209 Å². The molecule has 11 heteroatoms. The minimum Gasteiger partial charge on any atom is -0.368 e. The van der Waals surface area contributed by atoms with Crippen LogP contribution in [0, 0.1) is 6.92 Å². The predicted molar refractivity (Wildman–Crippen MR) is 140 cm³/mol. The van der Waals surface area contributed by atoms with Crippen LogP contribution in [0.1, 0.15) is 37.4 Å². The minimum atomic E-state index is -0.208. The van der Waals surface area contributed by atoms with Gasteiger partial charge in [0.15, 0.2) is 17.0 Å². The molecular weight excluding hydrogens is 456 g/mol. The van der Waals surface area contributed by atoms with Crippen molar-refractivity contribution in [3.05, 3.63) is 47.9 Å². The van der Waals surface area contributed by atoms with Crippen molar-refractivity contribution in [2.75, 3.05) is 29.5 Å². The summed E-state index contributed by atoms with van der Waals surface area (Å²) in [5.41, 5.74) is 10.0. The molecule has 4 aromatic rings. The van der Waals surface area contributed by atoms with E-state index in [1.807, 2.05) is 32.0 Å². The zero-order valence-electron chi connectivity index (χ0n) is 20.7. The molecule has 1 aliphatic heterocycles. The Morgan fingerprint density at radius 3 is 2.64 bits per heavy atom. The largest absolute Gasteiger partial charge is 0.368 e. The zero-order valence-corrected chi connectivity index (χ0v) is 20.7. The summed E-state index contributed by atoms with van der Waals surface area (Å²) in [6.45, 7) is 7.86. The number of aromatic nitrogens is 6. The van der Waals surface area contributed by atoms with Gasteiger partial charge in [-0.1, -0.05) is 18.6 Å². The maximum atomic E-state index is 12.7. The Kier molecular flexibility index (Phi) is 6.81. The van der Waals surface area contributed by atoms with E-state index in [1.165, 1.54) is 37.9 Å². The molecule has 3 aromatic heterocycles. The molecule has 0 radical (unpaired) electrons. The molecule has 11 nitrogen and oxygen atoms in total. The number of carbonyl (C=O) groups excluding carboxylic acids is 1. The van der Waals surface area contributed by atoms with Gasteiger partial charge < -0.3 is 20.9 Å². The normalized spacial score (nSPS) is 14.3. The monoisotopic (exact) mass is 488 g/mol. The highest BCUT2D eigenvalue weighted by molar-refractivity contribution is 5.92. The Bertz CT molecular complexity index is 1350. The van der Waals surface area contributed by atoms with Crippen LogP contribution in [0.25, 0.3) is 11.2 Å². The smallest absolute Gasteiger partial charge is 0.245 e. The molecule has 1 fully saturated rings. The van der Waals surface area contributed by atoms with E-state index in [-0.39, 0.29) is 18.4 Å². The minimum absolute atomic E-state index is 0.0333. The van der Waals surface area contributed by atoms with Crippen molar-refractivity contribution in [3.8, 4) is 0 Å². The van der Waals surface area contributed by atoms with Crippen LogP contribution in [0.2, 0.25) is 0 Å². The van der Waals surface area contributed by atoms with E-state index in [1.54, 1.807) is 15.6 Å². The molecule has 0 bridgehead atoms. The lowest BCUT2D eigenvalue weighted by Crippen LogP contribution is -2.29. The Morgan fingerprint density at radius 2 is 1.89 bits per heavy atom. The number of aryl methyl sites for hydroxylation is 2. The SMILES string of the molecule is CCn1nc(C)cc1NC(=O)Cn1cnc2c(Nc3ccc(CN4CCCCC4)cc3)nc(N)nc21. The quantitative estimate of drug-likeness (QED) is 0.344. The number of imidazole rings is 1. The molecule has 5 rings (SSSR count). The van der Waals surface area contributed by atoms with E-state index in [4.69, 9.17) is 5.73 Å². The fourth-order valence-corrected chi connectivity index (χ4v) is 4.59. The van der Waals surface area contributed by atoms with Gasteiger partial charge >= 0.3 is 0 Å². The molecule has 1 amide bonds. The summed E-state index contributed by atoms with van der Waals surface area (Å²) < 4.78 is 3.41. The van der Waals surface area contributed by atoms with E-state index in [9.17, 15) is 4.79 Å². The molecule has 188 valence electrons. The molecule has 0 unspecified atom stereocenters. The van der Waals surface area contributed by atoms with E-state index < -0.39 is 0 Å². The van der Waals surface area contributed by atoms with Gasteiger partial charge in [-0.2, -0.15) is 15.1 Å². The number of benzene rings is 1. The fraction of sp³-hybridized carbons (Fsp3) is 0.400. The Morgan fingerprint density at radius 1 is 1.11 bits per heavy atom. The second-order valence-corrected chi connectivity index (χ2v) is 9.17. The standard InChI is InChI=1S/C25H32N10O/c1-3-35-20(13-17(2)32-35)29-21(36)15-34-16-27-22-23(30-25(26)31-24(22)34)28-19-9-7-18(8-10-19)14-33-11-5-4-6-12-33/h7-10,13,16H,3-6,11-12,14-15H2,1-2H3,(H,29,36)(H3,26,28,30,31). The summed E-state index contributed by atoms with van der Waals surface area (Å²) >= 11 is 0. The molecule has 4 heterocycles. The summed E-state index contributed by atoms with van der Waals surface area (Å²) in [5, 5.41) is 10.6. The highest BCUT2D eigenvalue weighted by atomic mass is 16.2. The lowest BCUT2D eigenvalue weighted by Gasteiger charge is -2.26. The van der Waals surface area contributed by atoms with Crippen LogP contribution in [0.4, 0.5) is 23.3 Å². The molecular formula is C25H32N10O. The first-order valence-corrected chi connectivity index (χ1v) is 12.4. The third-order valence-corrected chi connectivity index (χ3v) is 6.34. The first-order valence-electron chi connectivity index (χ1n) is 12.4. The number of likely N-dealkylation sites (tertiary alicyclic amines) is 1. The van der Waals surface area contributed by atoms with Crippen molar-refractivity contribution in [3.63, 3.8) is 0 Å². The maximum Gasteiger partial charge on any atom is 0.245 e. The second-order valence-electron chi connectivity index (χ2n) is 9.17. The highest BCUT2D eigenvalue weighted by Gasteiger charge is 2.16. The third kappa shape index (κ3) is 5.30. The average Bonchev–Trinajstić information content (AvgIpc) is 3.43. The number of nitrogens with one attached hydrogen (secondary N) is 2. The third-order valence-electron chi connectivity index (χ3n) is 6.34. The van der Waals surface area contributed by atoms with Crippen LogP contribution < -0.4 is 16.4 Å². The van der Waals surface area contributed by atoms with Gasteiger partial charge in [0.2, 0.25) is 11.9 Å². The van der Waals surface area contributed by atoms with Crippen LogP contribution in [0.15, 0.2) is 36.7 Å². The zero-order chi connectivity index (χ0) is 25.1. The van der Waals surface area contributed by atoms with E-state index >= 15 is 0 Å². The van der Waals surface area contributed by atoms with E-state index in [2.05, 4.69) is 47.7 Å². The molecule has 0 atom stereocenters. The number of amides is 1. The number of piperidine rings is 1. The number of anilines is 4. The van der Waals surface area contributed by atoms with Crippen molar-refractivity contribution in [2.24, 2.45) is 0 Å². The van der Waals surface area contributed by atoms with Crippen LogP contribution >= 0.6 is 0 Å². The van der Waals surface area contributed by atoms with Crippen molar-refractivity contribution < 1.29 is 4.79 Å². The molecule has 0 saturated carbocycles. The van der Waals surface area contributed by atoms with Gasteiger partial charge in [-0.15, -0.1) is 0 Å². The van der Waals surface area contributed by atoms with Gasteiger partial charge in [0, 0.05) is 24.8 Å². The summed E-state index contributed by atoms with van der Waals surface area (Å²) in [7, 11) is 0. The lowest BCUT2D eigenvalue weighted by molar-refractivity contribution is -0.116. The second kappa shape index (κ2) is 10.3. The molecule has 0 spiro atoms. The number of rotatable bonds is 8. The van der Waals surface area contributed by atoms with Gasteiger partial charge in [-0.3, -0.25) is 9.69 Å². The number of nitrogens with two attached hydrogens (primary N) is 1. The molecule has 1 aromatic carbocycles. The van der Waals surface area contributed by atoms with Crippen LogP contribution in [-0.4, -0.2) is 53.2 Å². The maximum absolute atomic E-state index is 12.7. The predicted octanol–water partition coefficient (Wildman–Crippen LogP) is 3.30. The van der Waals surface area contributed by atoms with Crippen molar-refractivity contribution in [1.82, 2.24) is 34.2 Å². The Balaban J connectivity index is 1.30. The van der Waals surface area contributed by atoms with Gasteiger partial charge in [0.05, 0.1) is 12.0 Å². The summed E-state index contributed by atoms with van der Waals surface area (Å²) in [5.74, 6) is 1.05. The van der Waals surface area contributed by atoms with Crippen LogP contribution in [0.5, 0.6) is 0 Å². The first-order chi connectivity index (χ1) is 17.5. The van der Waals surface area contributed by atoms with Gasteiger partial charge in [-0.05, 0) is 57.5 Å². The Hall–Kier alpha value is -3.99. The van der Waals surface area contributed by atoms with Crippen molar-refractivity contribution in [2.45, 2.75) is 52.7 Å². The number of carbonyl (C=O) groups is 1. The van der Waals surface area contributed by atoms with E-state index in [0.29, 0.717) is 29.3 Å². The topological polar surface area (TPSA) is 132 Å². The fourth-order valence-electron chi connectivity index (χ4n) is 4.59. The molecule has 1 aliphatic rings. The molecule has 1 saturated heterocycles. The first kappa shape index (κ1) is 23.7. The van der Waals surface area contributed by atoms with Crippen molar-refractivity contribution >= 4 is 40.3 Å². The lowest BCUT2D eigenvalue weighted by atomic mass is 10.1. The molecule has 0 aliphatic carbocycles. The number of nitrogen functional groups attached to an aromatic ring is 1. The van der Waals surface area contributed by atoms with Crippen molar-refractivity contribution in [1.29, 1.82) is 0 Å². The summed E-state index contributed by atoms with van der Waals surface area (Å²) in [6.07, 6.45) is 5.47. The van der Waals surface area contributed by atoms with Crippen LogP contribution in [-0.2, 0) is 24.4 Å². The highest BCUT2D eigenvalue weighted by Crippen LogP contribution is 2.24. The number of hydrogen-bond acceptors (Lipinski definition) is 8.